The van der Waals surface area contributed by atoms with E-state index in [0.717, 1.165) is 23.5 Å². The van der Waals surface area contributed by atoms with Crippen LogP contribution in [-0.2, 0) is 0 Å². The molecule has 0 spiro atoms. The highest BCUT2D eigenvalue weighted by molar-refractivity contribution is 8.25. The van der Waals surface area contributed by atoms with Crippen LogP contribution in [0, 0.1) is 10.7 Å². The van der Waals surface area contributed by atoms with E-state index in [1.165, 1.54) is 0 Å². The predicted octanol–water partition coefficient (Wildman–Crippen LogP) is 3.39. The van der Waals surface area contributed by atoms with Gasteiger partial charge in [-0.05, 0) is 23.9 Å². The van der Waals surface area contributed by atoms with E-state index in [2.05, 4.69) is 0 Å². The van der Waals surface area contributed by atoms with Crippen molar-refractivity contribution in [1.82, 2.24) is 0 Å². The van der Waals surface area contributed by atoms with Gasteiger partial charge in [0.15, 0.2) is 0 Å². The van der Waals surface area contributed by atoms with Crippen LogP contribution in [0.2, 0.25) is 5.02 Å². The fourth-order valence-corrected chi connectivity index (χ4v) is 2.30. The van der Waals surface area contributed by atoms with E-state index in [9.17, 15) is 4.79 Å². The van der Waals surface area contributed by atoms with Crippen LogP contribution in [0.15, 0.2) is 24.3 Å². The zero-order chi connectivity index (χ0) is 10.4. The van der Waals surface area contributed by atoms with Crippen molar-refractivity contribution >= 4 is 40.2 Å². The molecule has 0 unspecified atom stereocenters. The molecule has 0 fully saturated rings. The Morgan fingerprint density at radius 3 is 2.86 bits per heavy atom. The van der Waals surface area contributed by atoms with Gasteiger partial charge in [-0.25, -0.2) is 0 Å². The summed E-state index contributed by atoms with van der Waals surface area (Å²) in [6, 6.07) is 6.88. The molecule has 0 aliphatic carbocycles. The third-order valence-corrected chi connectivity index (χ3v) is 3.29. The lowest BCUT2D eigenvalue weighted by atomic mass is 10.2. The Morgan fingerprint density at radius 2 is 2.21 bits per heavy atom. The van der Waals surface area contributed by atoms with E-state index in [-0.39, 0.29) is 5.12 Å². The number of nitriles is 1. The number of thiocyanates is 1. The van der Waals surface area contributed by atoms with E-state index < -0.39 is 0 Å². The van der Waals surface area contributed by atoms with Gasteiger partial charge in [0.2, 0.25) is 5.12 Å². The number of nitrogens with zero attached hydrogens (tertiary/aromatic N) is 1. The van der Waals surface area contributed by atoms with Gasteiger partial charge in [0.25, 0.3) is 0 Å². The number of benzene rings is 1. The van der Waals surface area contributed by atoms with E-state index in [1.54, 1.807) is 24.3 Å². The predicted molar refractivity (Wildman–Crippen MR) is 61.4 cm³/mol. The first-order valence-electron chi connectivity index (χ1n) is 3.68. The highest BCUT2D eigenvalue weighted by atomic mass is 35.5. The maximum atomic E-state index is 11.5. The zero-order valence-corrected chi connectivity index (χ0v) is 9.46. The van der Waals surface area contributed by atoms with Crippen LogP contribution in [0.4, 0.5) is 0 Å². The van der Waals surface area contributed by atoms with Crippen LogP contribution in [-0.4, -0.2) is 10.2 Å². The molecule has 72 valence electrons. The van der Waals surface area contributed by atoms with E-state index in [0.29, 0.717) is 15.7 Å². The molecule has 0 heterocycles. The average molecular weight is 244 g/mol. The molecule has 1 aromatic carbocycles. The molecule has 0 radical (unpaired) electrons. The highest BCUT2D eigenvalue weighted by Gasteiger charge is 2.09. The summed E-state index contributed by atoms with van der Waals surface area (Å²) in [6.45, 7) is 0. The average Bonchev–Trinajstić information content (AvgIpc) is 2.18. The van der Waals surface area contributed by atoms with Gasteiger partial charge in [-0.1, -0.05) is 35.5 Å². The van der Waals surface area contributed by atoms with Gasteiger partial charge in [-0.3, -0.25) is 4.79 Å². The van der Waals surface area contributed by atoms with E-state index >= 15 is 0 Å². The smallest absolute Gasteiger partial charge is 0.221 e. The highest BCUT2D eigenvalue weighted by Crippen LogP contribution is 2.22. The van der Waals surface area contributed by atoms with Crippen LogP contribution in [0.5, 0.6) is 0 Å². The van der Waals surface area contributed by atoms with Crippen molar-refractivity contribution in [3.8, 4) is 5.40 Å². The SMILES string of the molecule is N#CSCSC(=O)c1ccccc1Cl. The van der Waals surface area contributed by atoms with Crippen LogP contribution in [0.25, 0.3) is 0 Å². The van der Waals surface area contributed by atoms with Crippen molar-refractivity contribution in [2.75, 3.05) is 5.08 Å². The Morgan fingerprint density at radius 1 is 1.50 bits per heavy atom. The molecular weight excluding hydrogens is 238 g/mol. The van der Waals surface area contributed by atoms with Crippen LogP contribution >= 0.6 is 35.1 Å². The molecule has 0 amide bonds. The maximum absolute atomic E-state index is 11.5. The summed E-state index contributed by atoms with van der Waals surface area (Å²) in [5, 5.41) is 10.9. The number of hydrogen-bond acceptors (Lipinski definition) is 4. The van der Waals surface area contributed by atoms with Crippen LogP contribution in [0.3, 0.4) is 0 Å². The summed E-state index contributed by atoms with van der Waals surface area (Å²) < 4.78 is 0. The zero-order valence-electron chi connectivity index (χ0n) is 7.07. The van der Waals surface area contributed by atoms with Gasteiger partial charge in [0.1, 0.15) is 5.40 Å². The Labute approximate surface area is 95.6 Å². The molecule has 0 aliphatic heterocycles. The molecular formula is C9H6ClNOS2. The van der Waals surface area contributed by atoms with Crippen molar-refractivity contribution < 1.29 is 4.79 Å². The second-order valence-electron chi connectivity index (χ2n) is 2.27. The minimum atomic E-state index is -0.0987. The van der Waals surface area contributed by atoms with Crippen LogP contribution < -0.4 is 0 Å². The second kappa shape index (κ2) is 5.97. The molecule has 2 nitrogen and oxygen atoms in total. The van der Waals surface area contributed by atoms with Crippen molar-refractivity contribution in [3.63, 3.8) is 0 Å². The number of halogens is 1. The molecule has 14 heavy (non-hydrogen) atoms. The minimum absolute atomic E-state index is 0.0987. The number of carbonyl (C=O) groups excluding carboxylic acids is 1. The lowest BCUT2D eigenvalue weighted by Crippen LogP contribution is -1.94. The first-order chi connectivity index (χ1) is 6.75. The van der Waals surface area contributed by atoms with Gasteiger partial charge < -0.3 is 0 Å². The monoisotopic (exact) mass is 243 g/mol. The van der Waals surface area contributed by atoms with Crippen molar-refractivity contribution in [2.24, 2.45) is 0 Å². The van der Waals surface area contributed by atoms with Gasteiger partial charge in [0.05, 0.1) is 10.1 Å². The molecule has 1 aromatic rings. The van der Waals surface area contributed by atoms with Gasteiger partial charge in [-0.15, -0.1) is 0 Å². The molecule has 0 aliphatic rings. The normalized spacial score (nSPS) is 9.43. The third kappa shape index (κ3) is 3.26. The number of rotatable bonds is 3. The first-order valence-corrected chi connectivity index (χ1v) is 6.03. The molecule has 0 atom stereocenters. The Kier molecular flexibility index (Phi) is 4.88. The molecule has 0 saturated carbocycles. The first kappa shape index (κ1) is 11.4. The molecule has 0 N–H and O–H groups in total. The molecule has 0 saturated heterocycles. The molecule has 1 rings (SSSR count). The molecule has 0 aromatic heterocycles. The van der Waals surface area contributed by atoms with Gasteiger partial charge >= 0.3 is 0 Å². The maximum Gasteiger partial charge on any atom is 0.221 e. The van der Waals surface area contributed by atoms with Gasteiger partial charge in [0, 0.05) is 5.56 Å². The fourth-order valence-electron chi connectivity index (χ4n) is 0.814. The van der Waals surface area contributed by atoms with Crippen molar-refractivity contribution in [3.05, 3.63) is 34.9 Å². The number of hydrogen-bond donors (Lipinski definition) is 0. The quantitative estimate of drug-likeness (QED) is 0.464. The molecule has 0 bridgehead atoms. The summed E-state index contributed by atoms with van der Waals surface area (Å²) in [5.41, 5.74) is 0.498. The van der Waals surface area contributed by atoms with Crippen molar-refractivity contribution in [2.45, 2.75) is 0 Å². The number of carbonyl (C=O) groups is 1. The largest absolute Gasteiger partial charge is 0.281 e. The van der Waals surface area contributed by atoms with Crippen molar-refractivity contribution in [1.29, 1.82) is 5.26 Å². The van der Waals surface area contributed by atoms with E-state index in [1.807, 2.05) is 5.40 Å². The molecule has 5 heteroatoms. The Bertz CT molecular complexity index is 375. The summed E-state index contributed by atoms with van der Waals surface area (Å²) in [7, 11) is 0. The fraction of sp³-hybridized carbons (Fsp3) is 0.111. The standard InChI is InChI=1S/C9H6ClNOS2/c10-8-4-2-1-3-7(8)9(12)14-6-13-5-11/h1-4H,6H2. The summed E-state index contributed by atoms with van der Waals surface area (Å²) in [6.07, 6.45) is 0. The van der Waals surface area contributed by atoms with E-state index in [4.69, 9.17) is 16.9 Å². The Hall–Kier alpha value is -0.630. The lowest BCUT2D eigenvalue weighted by Gasteiger charge is -2.00. The summed E-state index contributed by atoms with van der Waals surface area (Å²) in [5.74, 6) is 0. The second-order valence-corrected chi connectivity index (χ2v) is 4.75. The Balaban J connectivity index is 2.62. The van der Waals surface area contributed by atoms with Gasteiger partial charge in [-0.2, -0.15) is 5.26 Å². The van der Waals surface area contributed by atoms with Crippen LogP contribution in [0.1, 0.15) is 10.4 Å². The number of thioether (sulfide) groups is 2. The lowest BCUT2D eigenvalue weighted by molar-refractivity contribution is 0.108. The third-order valence-electron chi connectivity index (χ3n) is 1.41. The minimum Gasteiger partial charge on any atom is -0.281 e. The summed E-state index contributed by atoms with van der Waals surface area (Å²) in [4.78, 5) is 11.5. The summed E-state index contributed by atoms with van der Waals surface area (Å²) >= 11 is 7.95. The topological polar surface area (TPSA) is 40.9 Å².